The Kier molecular flexibility index (Phi) is 6.59. The van der Waals surface area contributed by atoms with Crippen LogP contribution in [0.1, 0.15) is 34.6 Å². The molecule has 0 aliphatic carbocycles. The maximum atomic E-state index is 5.83. The highest BCUT2D eigenvalue weighted by molar-refractivity contribution is 7.80. The number of thiocarbonyl (C=S) groups is 1. The molecule has 3 nitrogen and oxygen atoms in total. The second-order valence-electron chi connectivity index (χ2n) is 4.25. The van der Waals surface area contributed by atoms with Gasteiger partial charge in [0, 0.05) is 19.1 Å². The van der Waals surface area contributed by atoms with E-state index in [9.17, 15) is 0 Å². The van der Waals surface area contributed by atoms with Gasteiger partial charge in [0.15, 0.2) is 5.05 Å². The Morgan fingerprint density at radius 2 is 1.53 bits per heavy atom. The van der Waals surface area contributed by atoms with Crippen LogP contribution in [0.5, 0.6) is 0 Å². The summed E-state index contributed by atoms with van der Waals surface area (Å²) in [5.41, 5.74) is 0. The van der Waals surface area contributed by atoms with E-state index in [1.54, 1.807) is 6.92 Å². The molecular weight excluding hydrogens is 228 g/mol. The first-order chi connectivity index (χ1) is 6.75. The summed E-state index contributed by atoms with van der Waals surface area (Å²) in [5, 5.41) is 0.536. The van der Waals surface area contributed by atoms with Gasteiger partial charge in [0.05, 0.1) is 0 Å². The maximum Gasteiger partial charge on any atom is 0.374 e. The molecule has 0 spiro atoms. The van der Waals surface area contributed by atoms with Crippen LogP contribution in [-0.4, -0.2) is 32.0 Å². The highest BCUT2D eigenvalue weighted by Gasteiger charge is 2.35. The van der Waals surface area contributed by atoms with Crippen molar-refractivity contribution in [3.05, 3.63) is 0 Å². The molecule has 0 radical (unpaired) electrons. The summed E-state index contributed by atoms with van der Waals surface area (Å²) in [4.78, 5) is 0. The number of rotatable bonds is 6. The molecule has 90 valence electrons. The van der Waals surface area contributed by atoms with Gasteiger partial charge in [0.2, 0.25) is 0 Å². The summed E-state index contributed by atoms with van der Waals surface area (Å²) in [7, 11) is -2.25. The summed E-state index contributed by atoms with van der Waals surface area (Å²) in [5.74, 6) is 0. The van der Waals surface area contributed by atoms with Gasteiger partial charge in [-0.2, -0.15) is 0 Å². The molecule has 0 saturated heterocycles. The number of ether oxygens (including phenoxy) is 1. The van der Waals surface area contributed by atoms with Crippen molar-refractivity contribution in [1.29, 1.82) is 0 Å². The van der Waals surface area contributed by atoms with Crippen LogP contribution in [0, 0.1) is 0 Å². The van der Waals surface area contributed by atoms with Crippen molar-refractivity contribution in [2.45, 2.75) is 53.4 Å². The Balaban J connectivity index is 4.32. The zero-order valence-electron chi connectivity index (χ0n) is 10.5. The van der Waals surface area contributed by atoms with Gasteiger partial charge in [-0.05, 0) is 46.5 Å². The van der Waals surface area contributed by atoms with Gasteiger partial charge in [-0.25, -0.2) is 0 Å². The van der Waals surface area contributed by atoms with Gasteiger partial charge in [-0.3, -0.25) is 0 Å². The standard InChI is InChI=1S/C10H22O3SSi/c1-8(2)12-15(6,13-9(3)4)7-11-10(5)14/h8-9H,7H2,1-6H3. The third kappa shape index (κ3) is 7.90. The molecule has 0 heterocycles. The molecule has 0 aliphatic heterocycles. The first-order valence-electron chi connectivity index (χ1n) is 5.24. The molecule has 0 atom stereocenters. The summed E-state index contributed by atoms with van der Waals surface area (Å²) >= 11 is 4.88. The van der Waals surface area contributed by atoms with Crippen LogP contribution < -0.4 is 0 Å². The fraction of sp³-hybridized carbons (Fsp3) is 0.900. The van der Waals surface area contributed by atoms with Crippen LogP contribution in [0.3, 0.4) is 0 Å². The van der Waals surface area contributed by atoms with E-state index in [4.69, 9.17) is 25.8 Å². The average Bonchev–Trinajstić information content (AvgIpc) is 1.97. The summed E-state index contributed by atoms with van der Waals surface area (Å²) in [6, 6.07) is 0. The Hall–Kier alpha value is 0.0269. The van der Waals surface area contributed by atoms with Crippen molar-refractivity contribution in [3.8, 4) is 0 Å². The van der Waals surface area contributed by atoms with Gasteiger partial charge < -0.3 is 13.6 Å². The Morgan fingerprint density at radius 1 is 1.13 bits per heavy atom. The van der Waals surface area contributed by atoms with E-state index in [-0.39, 0.29) is 12.2 Å². The minimum absolute atomic E-state index is 0.148. The largest absolute Gasteiger partial charge is 0.485 e. The lowest BCUT2D eigenvalue weighted by Gasteiger charge is -2.30. The number of hydrogen-bond acceptors (Lipinski definition) is 4. The van der Waals surface area contributed by atoms with Crippen LogP contribution in [0.4, 0.5) is 0 Å². The Labute approximate surface area is 99.4 Å². The van der Waals surface area contributed by atoms with Crippen LogP contribution in [0.15, 0.2) is 0 Å². The summed E-state index contributed by atoms with van der Waals surface area (Å²) in [6.45, 7) is 11.8. The maximum absolute atomic E-state index is 5.83. The SMILES string of the molecule is CC(=S)OC[Si](C)(OC(C)C)OC(C)C. The van der Waals surface area contributed by atoms with Crippen molar-refractivity contribution in [1.82, 2.24) is 0 Å². The molecule has 15 heavy (non-hydrogen) atoms. The first-order valence-corrected chi connectivity index (χ1v) is 8.17. The van der Waals surface area contributed by atoms with Crippen LogP contribution in [0.25, 0.3) is 0 Å². The predicted molar refractivity (Wildman–Crippen MR) is 68.3 cm³/mol. The smallest absolute Gasteiger partial charge is 0.374 e. The zero-order valence-corrected chi connectivity index (χ0v) is 12.3. The highest BCUT2D eigenvalue weighted by Crippen LogP contribution is 2.13. The first kappa shape index (κ1) is 15.0. The second kappa shape index (κ2) is 6.58. The Morgan fingerprint density at radius 3 is 1.80 bits per heavy atom. The van der Waals surface area contributed by atoms with Crippen LogP contribution in [0.2, 0.25) is 6.55 Å². The van der Waals surface area contributed by atoms with Gasteiger partial charge in [-0.15, -0.1) is 0 Å². The molecule has 0 N–H and O–H groups in total. The highest BCUT2D eigenvalue weighted by atomic mass is 32.1. The van der Waals surface area contributed by atoms with Gasteiger partial charge in [-0.1, -0.05) is 0 Å². The van der Waals surface area contributed by atoms with E-state index < -0.39 is 8.56 Å². The molecule has 0 fully saturated rings. The van der Waals surface area contributed by atoms with E-state index >= 15 is 0 Å². The molecule has 0 saturated carbocycles. The van der Waals surface area contributed by atoms with Gasteiger partial charge >= 0.3 is 8.56 Å². The lowest BCUT2D eigenvalue weighted by molar-refractivity contribution is 0.0934. The summed E-state index contributed by atoms with van der Waals surface area (Å²) < 4.78 is 17.0. The normalized spacial score (nSPS) is 12.3. The van der Waals surface area contributed by atoms with Gasteiger partial charge in [0.1, 0.15) is 6.23 Å². The van der Waals surface area contributed by atoms with Crippen LogP contribution >= 0.6 is 12.2 Å². The minimum Gasteiger partial charge on any atom is -0.485 e. The zero-order chi connectivity index (χ0) is 12.1. The molecule has 0 unspecified atom stereocenters. The fourth-order valence-corrected chi connectivity index (χ4v) is 4.15. The monoisotopic (exact) mass is 250 g/mol. The van der Waals surface area contributed by atoms with E-state index in [2.05, 4.69) is 0 Å². The second-order valence-corrected chi connectivity index (χ2v) is 7.85. The molecular formula is C10H22O3SSi. The van der Waals surface area contributed by atoms with E-state index in [1.807, 2.05) is 34.2 Å². The van der Waals surface area contributed by atoms with E-state index in [1.165, 1.54) is 0 Å². The van der Waals surface area contributed by atoms with E-state index in [0.717, 1.165) is 0 Å². The van der Waals surface area contributed by atoms with Crippen molar-refractivity contribution < 1.29 is 13.6 Å². The third-order valence-electron chi connectivity index (χ3n) is 1.51. The fourth-order valence-electron chi connectivity index (χ4n) is 1.33. The third-order valence-corrected chi connectivity index (χ3v) is 4.23. The molecule has 0 aliphatic rings. The lowest BCUT2D eigenvalue weighted by Crippen LogP contribution is -2.48. The topological polar surface area (TPSA) is 27.7 Å². The van der Waals surface area contributed by atoms with Crippen molar-refractivity contribution in [2.24, 2.45) is 0 Å². The molecule has 0 aromatic carbocycles. The molecule has 5 heteroatoms. The molecule has 0 aromatic rings. The van der Waals surface area contributed by atoms with Crippen LogP contribution in [-0.2, 0) is 13.6 Å². The summed E-state index contributed by atoms with van der Waals surface area (Å²) in [6.07, 6.45) is 0.752. The Bertz CT molecular complexity index is 197. The van der Waals surface area contributed by atoms with Gasteiger partial charge in [0.25, 0.3) is 0 Å². The molecule has 0 amide bonds. The van der Waals surface area contributed by atoms with Crippen molar-refractivity contribution >= 4 is 25.8 Å². The molecule has 0 rings (SSSR count). The van der Waals surface area contributed by atoms with Crippen molar-refractivity contribution in [2.75, 3.05) is 6.23 Å². The molecule has 0 aromatic heterocycles. The average molecular weight is 250 g/mol. The number of hydrogen-bond donors (Lipinski definition) is 0. The minimum atomic E-state index is -2.25. The van der Waals surface area contributed by atoms with E-state index in [0.29, 0.717) is 11.3 Å². The predicted octanol–water partition coefficient (Wildman–Crippen LogP) is 2.81. The quantitative estimate of drug-likeness (QED) is 0.535. The lowest BCUT2D eigenvalue weighted by atomic mass is 10.5. The van der Waals surface area contributed by atoms with Crippen molar-refractivity contribution in [3.63, 3.8) is 0 Å². The molecule has 0 bridgehead atoms.